The molecular formula is C12H14N2O2. The maximum atomic E-state index is 11.3. The Kier molecular flexibility index (Phi) is 4.34. The van der Waals surface area contributed by atoms with Gasteiger partial charge in [-0.1, -0.05) is 6.07 Å². The van der Waals surface area contributed by atoms with Crippen LogP contribution < -0.4 is 5.32 Å². The average molecular weight is 218 g/mol. The van der Waals surface area contributed by atoms with E-state index in [9.17, 15) is 4.79 Å². The minimum absolute atomic E-state index is 0.0678. The molecule has 0 fully saturated rings. The Labute approximate surface area is 94.8 Å². The number of methoxy groups -OCH3 is 1. The number of benzene rings is 1. The van der Waals surface area contributed by atoms with Crippen LogP contribution >= 0.6 is 0 Å². The number of carbonyl (C=O) groups excluding carboxylic acids is 1. The van der Waals surface area contributed by atoms with E-state index in [2.05, 4.69) is 16.1 Å². The molecule has 1 N–H and O–H groups in total. The fraction of sp³-hybridized carbons (Fsp3) is 0.333. The lowest BCUT2D eigenvalue weighted by Crippen LogP contribution is -2.10. The van der Waals surface area contributed by atoms with Crippen LogP contribution in [0.25, 0.3) is 0 Å². The Balaban J connectivity index is 2.68. The summed E-state index contributed by atoms with van der Waals surface area (Å²) in [6.45, 7) is 2.39. The maximum Gasteiger partial charge on any atom is 0.337 e. The lowest BCUT2D eigenvalue weighted by atomic mass is 10.1. The molecule has 1 atom stereocenters. The van der Waals surface area contributed by atoms with Crippen molar-refractivity contribution >= 4 is 11.7 Å². The first-order valence-electron chi connectivity index (χ1n) is 4.99. The van der Waals surface area contributed by atoms with Gasteiger partial charge in [0, 0.05) is 12.2 Å². The van der Waals surface area contributed by atoms with Crippen LogP contribution in [0.2, 0.25) is 0 Å². The molecule has 0 aliphatic heterocycles. The van der Waals surface area contributed by atoms with Gasteiger partial charge in [0.1, 0.15) is 0 Å². The Bertz CT molecular complexity index is 410. The van der Waals surface area contributed by atoms with E-state index in [0.29, 0.717) is 12.1 Å². The second-order valence-corrected chi connectivity index (χ2v) is 3.48. The number of nitriles is 1. The molecule has 0 amide bonds. The van der Waals surface area contributed by atoms with Crippen molar-refractivity contribution in [3.05, 3.63) is 29.8 Å². The normalized spacial score (nSPS) is 11.3. The molecule has 84 valence electrons. The fourth-order valence-corrected chi connectivity index (χ4v) is 1.19. The summed E-state index contributed by atoms with van der Waals surface area (Å²) in [5, 5.41) is 11.7. The van der Waals surface area contributed by atoms with Crippen molar-refractivity contribution in [1.82, 2.24) is 0 Å². The average Bonchev–Trinajstić information content (AvgIpc) is 2.35. The molecule has 1 rings (SSSR count). The molecule has 1 aromatic rings. The van der Waals surface area contributed by atoms with Crippen molar-refractivity contribution < 1.29 is 9.53 Å². The van der Waals surface area contributed by atoms with Crippen LogP contribution in [-0.4, -0.2) is 19.6 Å². The predicted octanol–water partition coefficient (Wildman–Crippen LogP) is 2.04. The van der Waals surface area contributed by atoms with E-state index in [-0.39, 0.29) is 11.9 Å². The molecule has 0 radical (unpaired) electrons. The molecule has 0 aromatic heterocycles. The second-order valence-electron chi connectivity index (χ2n) is 3.48. The third kappa shape index (κ3) is 3.28. The standard InChI is InChI=1S/C12H14N2O2/c1-9(7-13)8-14-11-5-3-4-10(6-11)12(15)16-2/h3-6,9,14H,8H2,1-2H3. The van der Waals surface area contributed by atoms with E-state index >= 15 is 0 Å². The lowest BCUT2D eigenvalue weighted by Gasteiger charge is -2.08. The molecule has 0 heterocycles. The van der Waals surface area contributed by atoms with Crippen LogP contribution in [0.5, 0.6) is 0 Å². The number of carbonyl (C=O) groups is 1. The lowest BCUT2D eigenvalue weighted by molar-refractivity contribution is 0.0601. The first-order valence-corrected chi connectivity index (χ1v) is 4.99. The van der Waals surface area contributed by atoms with E-state index in [0.717, 1.165) is 5.69 Å². The molecule has 0 aliphatic rings. The summed E-state index contributed by atoms with van der Waals surface area (Å²) in [5.74, 6) is -0.432. The van der Waals surface area contributed by atoms with Gasteiger partial charge >= 0.3 is 5.97 Å². The fourth-order valence-electron chi connectivity index (χ4n) is 1.19. The Morgan fingerprint density at radius 1 is 1.62 bits per heavy atom. The molecule has 0 bridgehead atoms. The van der Waals surface area contributed by atoms with Crippen LogP contribution in [0.15, 0.2) is 24.3 Å². The Hall–Kier alpha value is -2.02. The van der Waals surface area contributed by atoms with E-state index < -0.39 is 0 Å². The maximum absolute atomic E-state index is 11.3. The summed E-state index contributed by atoms with van der Waals surface area (Å²) in [6.07, 6.45) is 0. The number of esters is 1. The van der Waals surface area contributed by atoms with Gasteiger partial charge in [-0.2, -0.15) is 5.26 Å². The summed E-state index contributed by atoms with van der Waals surface area (Å²) in [4.78, 5) is 11.3. The second kappa shape index (κ2) is 5.76. The van der Waals surface area contributed by atoms with Gasteiger partial charge in [0.15, 0.2) is 0 Å². The zero-order chi connectivity index (χ0) is 12.0. The highest BCUT2D eigenvalue weighted by Gasteiger charge is 2.05. The smallest absolute Gasteiger partial charge is 0.337 e. The van der Waals surface area contributed by atoms with Gasteiger partial charge in [-0.05, 0) is 25.1 Å². The highest BCUT2D eigenvalue weighted by atomic mass is 16.5. The number of anilines is 1. The molecule has 0 aliphatic carbocycles. The summed E-state index contributed by atoms with van der Waals surface area (Å²) in [5.41, 5.74) is 1.31. The summed E-state index contributed by atoms with van der Waals surface area (Å²) in [6, 6.07) is 9.13. The first-order chi connectivity index (χ1) is 7.67. The zero-order valence-electron chi connectivity index (χ0n) is 9.36. The van der Waals surface area contributed by atoms with Crippen molar-refractivity contribution in [1.29, 1.82) is 5.26 Å². The van der Waals surface area contributed by atoms with Crippen LogP contribution in [-0.2, 0) is 4.74 Å². The number of ether oxygens (including phenoxy) is 1. The van der Waals surface area contributed by atoms with Crippen molar-refractivity contribution in [3.63, 3.8) is 0 Å². The number of hydrogen-bond donors (Lipinski definition) is 1. The predicted molar refractivity (Wildman–Crippen MR) is 61.0 cm³/mol. The molecule has 16 heavy (non-hydrogen) atoms. The quantitative estimate of drug-likeness (QED) is 0.785. The third-order valence-electron chi connectivity index (χ3n) is 2.12. The van der Waals surface area contributed by atoms with Crippen molar-refractivity contribution in [2.24, 2.45) is 5.92 Å². The molecule has 1 unspecified atom stereocenters. The summed E-state index contributed by atoms with van der Waals surface area (Å²) in [7, 11) is 1.35. The van der Waals surface area contributed by atoms with E-state index in [1.807, 2.05) is 13.0 Å². The molecule has 0 saturated heterocycles. The monoisotopic (exact) mass is 218 g/mol. The van der Waals surface area contributed by atoms with Crippen LogP contribution in [0.1, 0.15) is 17.3 Å². The molecular weight excluding hydrogens is 204 g/mol. The minimum atomic E-state index is -0.364. The SMILES string of the molecule is COC(=O)c1cccc(NCC(C)C#N)c1. The number of nitrogens with zero attached hydrogens (tertiary/aromatic N) is 1. The van der Waals surface area contributed by atoms with Gasteiger partial charge in [-0.25, -0.2) is 4.79 Å². The molecule has 0 spiro atoms. The number of rotatable bonds is 4. The molecule has 4 nitrogen and oxygen atoms in total. The molecule has 4 heteroatoms. The molecule has 0 saturated carbocycles. The number of hydrogen-bond acceptors (Lipinski definition) is 4. The largest absolute Gasteiger partial charge is 0.465 e. The first kappa shape index (κ1) is 12.1. The van der Waals surface area contributed by atoms with Crippen molar-refractivity contribution in [3.8, 4) is 6.07 Å². The summed E-state index contributed by atoms with van der Waals surface area (Å²) >= 11 is 0. The van der Waals surface area contributed by atoms with Gasteiger partial charge in [0.25, 0.3) is 0 Å². The van der Waals surface area contributed by atoms with Gasteiger partial charge in [0.05, 0.1) is 24.7 Å². The highest BCUT2D eigenvalue weighted by Crippen LogP contribution is 2.12. The van der Waals surface area contributed by atoms with Gasteiger partial charge < -0.3 is 10.1 Å². The minimum Gasteiger partial charge on any atom is -0.465 e. The van der Waals surface area contributed by atoms with E-state index in [1.54, 1.807) is 18.2 Å². The topological polar surface area (TPSA) is 62.1 Å². The van der Waals surface area contributed by atoms with Gasteiger partial charge in [0.2, 0.25) is 0 Å². The van der Waals surface area contributed by atoms with Crippen molar-refractivity contribution in [2.45, 2.75) is 6.92 Å². The van der Waals surface area contributed by atoms with Gasteiger partial charge in [-0.15, -0.1) is 0 Å². The van der Waals surface area contributed by atoms with Crippen molar-refractivity contribution in [2.75, 3.05) is 19.0 Å². The number of nitrogens with one attached hydrogen (secondary N) is 1. The molecule has 1 aromatic carbocycles. The van der Waals surface area contributed by atoms with Gasteiger partial charge in [-0.3, -0.25) is 0 Å². The zero-order valence-corrected chi connectivity index (χ0v) is 9.36. The van der Waals surface area contributed by atoms with E-state index in [1.165, 1.54) is 7.11 Å². The summed E-state index contributed by atoms with van der Waals surface area (Å²) < 4.78 is 4.62. The van der Waals surface area contributed by atoms with Crippen LogP contribution in [0, 0.1) is 17.2 Å². The van der Waals surface area contributed by atoms with Crippen LogP contribution in [0.4, 0.5) is 5.69 Å². The van der Waals surface area contributed by atoms with Crippen LogP contribution in [0.3, 0.4) is 0 Å². The Morgan fingerprint density at radius 3 is 3.00 bits per heavy atom. The third-order valence-corrected chi connectivity index (χ3v) is 2.12. The van der Waals surface area contributed by atoms with E-state index in [4.69, 9.17) is 5.26 Å². The highest BCUT2D eigenvalue weighted by molar-refractivity contribution is 5.90. The Morgan fingerprint density at radius 2 is 2.38 bits per heavy atom.